The Bertz CT molecular complexity index is 705. The SMILES string of the molecule is CCC(N)c1cc(-c2ccc3ncccc3c2)no1. The monoisotopic (exact) mass is 253 g/mol. The lowest BCUT2D eigenvalue weighted by molar-refractivity contribution is 0.360. The number of rotatable bonds is 3. The normalized spacial score (nSPS) is 12.7. The third kappa shape index (κ3) is 2.22. The second-order valence-electron chi connectivity index (χ2n) is 4.54. The van der Waals surface area contributed by atoms with Crippen LogP contribution in [0.4, 0.5) is 0 Å². The fraction of sp³-hybridized carbons (Fsp3) is 0.200. The molecule has 0 aliphatic rings. The van der Waals surface area contributed by atoms with Crippen LogP contribution in [-0.4, -0.2) is 10.1 Å². The molecule has 1 unspecified atom stereocenters. The molecular formula is C15H15N3O. The number of nitrogens with two attached hydrogens (primary N) is 1. The van der Waals surface area contributed by atoms with Gasteiger partial charge in [0, 0.05) is 23.2 Å². The summed E-state index contributed by atoms with van der Waals surface area (Å²) in [6, 6.07) is 11.8. The summed E-state index contributed by atoms with van der Waals surface area (Å²) in [7, 11) is 0. The van der Waals surface area contributed by atoms with Crippen molar-refractivity contribution in [1.29, 1.82) is 0 Å². The first kappa shape index (κ1) is 11.9. The van der Waals surface area contributed by atoms with E-state index in [9.17, 15) is 0 Å². The first-order chi connectivity index (χ1) is 9.28. The maximum atomic E-state index is 5.93. The van der Waals surface area contributed by atoms with Crippen LogP contribution in [0.25, 0.3) is 22.2 Å². The van der Waals surface area contributed by atoms with E-state index in [4.69, 9.17) is 10.3 Å². The highest BCUT2D eigenvalue weighted by molar-refractivity contribution is 5.83. The van der Waals surface area contributed by atoms with Crippen molar-refractivity contribution < 1.29 is 4.52 Å². The minimum atomic E-state index is -0.0941. The van der Waals surface area contributed by atoms with Crippen LogP contribution in [0.15, 0.2) is 47.1 Å². The van der Waals surface area contributed by atoms with E-state index in [1.807, 2.05) is 37.3 Å². The lowest BCUT2D eigenvalue weighted by Crippen LogP contribution is -2.06. The zero-order valence-corrected chi connectivity index (χ0v) is 10.7. The summed E-state index contributed by atoms with van der Waals surface area (Å²) < 4.78 is 5.29. The van der Waals surface area contributed by atoms with Crippen LogP contribution in [0, 0.1) is 0 Å². The van der Waals surface area contributed by atoms with E-state index in [0.29, 0.717) is 0 Å². The molecule has 0 radical (unpaired) electrons. The van der Waals surface area contributed by atoms with Crippen molar-refractivity contribution in [3.63, 3.8) is 0 Å². The van der Waals surface area contributed by atoms with Crippen molar-refractivity contribution in [3.8, 4) is 11.3 Å². The quantitative estimate of drug-likeness (QED) is 0.777. The van der Waals surface area contributed by atoms with E-state index in [0.717, 1.165) is 34.3 Å². The highest BCUT2D eigenvalue weighted by Gasteiger charge is 2.12. The van der Waals surface area contributed by atoms with Gasteiger partial charge in [0.1, 0.15) is 5.69 Å². The van der Waals surface area contributed by atoms with Gasteiger partial charge in [0.15, 0.2) is 5.76 Å². The molecule has 0 spiro atoms. The predicted molar refractivity (Wildman–Crippen MR) is 74.5 cm³/mol. The highest BCUT2D eigenvalue weighted by Crippen LogP contribution is 2.25. The largest absolute Gasteiger partial charge is 0.359 e. The maximum Gasteiger partial charge on any atom is 0.154 e. The number of nitrogens with zero attached hydrogens (tertiary/aromatic N) is 2. The van der Waals surface area contributed by atoms with Gasteiger partial charge in [0.25, 0.3) is 0 Å². The van der Waals surface area contributed by atoms with Crippen LogP contribution >= 0.6 is 0 Å². The molecule has 3 rings (SSSR count). The zero-order valence-electron chi connectivity index (χ0n) is 10.7. The summed E-state index contributed by atoms with van der Waals surface area (Å²) in [4.78, 5) is 4.30. The van der Waals surface area contributed by atoms with Crippen LogP contribution in [0.3, 0.4) is 0 Å². The van der Waals surface area contributed by atoms with Crippen molar-refractivity contribution in [1.82, 2.24) is 10.1 Å². The summed E-state index contributed by atoms with van der Waals surface area (Å²) in [5.74, 6) is 0.726. The summed E-state index contributed by atoms with van der Waals surface area (Å²) in [5.41, 5.74) is 8.73. The van der Waals surface area contributed by atoms with Gasteiger partial charge in [-0.1, -0.05) is 24.2 Å². The molecule has 0 amide bonds. The molecule has 1 aromatic carbocycles. The number of fused-ring (bicyclic) bond motifs is 1. The molecule has 0 fully saturated rings. The first-order valence-electron chi connectivity index (χ1n) is 6.35. The molecule has 3 aromatic rings. The van der Waals surface area contributed by atoms with Crippen LogP contribution in [0.2, 0.25) is 0 Å². The van der Waals surface area contributed by atoms with Gasteiger partial charge < -0.3 is 10.3 Å². The van der Waals surface area contributed by atoms with Crippen LogP contribution in [-0.2, 0) is 0 Å². The second kappa shape index (κ2) is 4.82. The second-order valence-corrected chi connectivity index (χ2v) is 4.54. The van der Waals surface area contributed by atoms with Gasteiger partial charge in [-0.15, -0.1) is 0 Å². The summed E-state index contributed by atoms with van der Waals surface area (Å²) >= 11 is 0. The van der Waals surface area contributed by atoms with Gasteiger partial charge in [-0.25, -0.2) is 0 Å². The van der Waals surface area contributed by atoms with Gasteiger partial charge in [0.2, 0.25) is 0 Å². The summed E-state index contributed by atoms with van der Waals surface area (Å²) in [6.07, 6.45) is 2.62. The van der Waals surface area contributed by atoms with Crippen LogP contribution < -0.4 is 5.73 Å². The maximum absolute atomic E-state index is 5.93. The van der Waals surface area contributed by atoms with Crippen molar-refractivity contribution in [2.24, 2.45) is 5.73 Å². The first-order valence-corrected chi connectivity index (χ1v) is 6.35. The fourth-order valence-corrected chi connectivity index (χ4v) is 2.04. The van der Waals surface area contributed by atoms with Crippen molar-refractivity contribution in [2.75, 3.05) is 0 Å². The number of benzene rings is 1. The molecule has 2 aromatic heterocycles. The van der Waals surface area contributed by atoms with Gasteiger partial charge in [-0.05, 0) is 24.6 Å². The summed E-state index contributed by atoms with van der Waals surface area (Å²) in [5, 5.41) is 5.17. The van der Waals surface area contributed by atoms with E-state index >= 15 is 0 Å². The Labute approximate surface area is 111 Å². The van der Waals surface area contributed by atoms with E-state index in [1.54, 1.807) is 6.20 Å². The molecule has 0 saturated heterocycles. The fourth-order valence-electron chi connectivity index (χ4n) is 2.04. The van der Waals surface area contributed by atoms with Crippen molar-refractivity contribution >= 4 is 10.9 Å². The number of hydrogen-bond donors (Lipinski definition) is 1. The molecule has 4 nitrogen and oxygen atoms in total. The molecule has 0 aliphatic carbocycles. The van der Waals surface area contributed by atoms with Gasteiger partial charge in [0.05, 0.1) is 11.6 Å². The Kier molecular flexibility index (Phi) is 3.01. The molecule has 0 aliphatic heterocycles. The van der Waals surface area contributed by atoms with E-state index < -0.39 is 0 Å². The molecule has 19 heavy (non-hydrogen) atoms. The average Bonchev–Trinajstić information content (AvgIpc) is 2.95. The van der Waals surface area contributed by atoms with E-state index in [2.05, 4.69) is 16.2 Å². The molecule has 0 saturated carbocycles. The number of aromatic nitrogens is 2. The minimum Gasteiger partial charge on any atom is -0.359 e. The predicted octanol–water partition coefficient (Wildman–Crippen LogP) is 3.30. The summed E-state index contributed by atoms with van der Waals surface area (Å²) in [6.45, 7) is 2.02. The molecule has 0 bridgehead atoms. The standard InChI is InChI=1S/C15H15N3O/c1-2-12(16)15-9-14(18-19-15)11-5-6-13-10(8-11)4-3-7-17-13/h3-9,12H,2,16H2,1H3. The topological polar surface area (TPSA) is 64.9 Å². The third-order valence-corrected chi connectivity index (χ3v) is 3.23. The van der Waals surface area contributed by atoms with Gasteiger partial charge in [-0.2, -0.15) is 0 Å². The smallest absolute Gasteiger partial charge is 0.154 e. The molecule has 2 heterocycles. The minimum absolute atomic E-state index is 0.0941. The van der Waals surface area contributed by atoms with Crippen molar-refractivity contribution in [2.45, 2.75) is 19.4 Å². The van der Waals surface area contributed by atoms with Crippen molar-refractivity contribution in [3.05, 3.63) is 48.4 Å². The molecule has 1 atom stereocenters. The Morgan fingerprint density at radius 3 is 3.00 bits per heavy atom. The Morgan fingerprint density at radius 1 is 1.26 bits per heavy atom. The number of hydrogen-bond acceptors (Lipinski definition) is 4. The third-order valence-electron chi connectivity index (χ3n) is 3.23. The molecular weight excluding hydrogens is 238 g/mol. The lowest BCUT2D eigenvalue weighted by atomic mass is 10.1. The molecule has 4 heteroatoms. The van der Waals surface area contributed by atoms with Gasteiger partial charge >= 0.3 is 0 Å². The molecule has 96 valence electrons. The lowest BCUT2D eigenvalue weighted by Gasteiger charge is -2.01. The average molecular weight is 253 g/mol. The van der Waals surface area contributed by atoms with Crippen LogP contribution in [0.1, 0.15) is 25.1 Å². The zero-order chi connectivity index (χ0) is 13.2. The Hall–Kier alpha value is -2.20. The number of pyridine rings is 1. The van der Waals surface area contributed by atoms with Gasteiger partial charge in [-0.3, -0.25) is 4.98 Å². The highest BCUT2D eigenvalue weighted by atomic mass is 16.5. The van der Waals surface area contributed by atoms with E-state index in [1.165, 1.54) is 0 Å². The van der Waals surface area contributed by atoms with Crippen LogP contribution in [0.5, 0.6) is 0 Å². The Morgan fingerprint density at radius 2 is 2.16 bits per heavy atom. The Balaban J connectivity index is 2.01. The van der Waals surface area contributed by atoms with E-state index in [-0.39, 0.29) is 6.04 Å². The molecule has 2 N–H and O–H groups in total.